The van der Waals surface area contributed by atoms with Gasteiger partial charge in [0.2, 0.25) is 0 Å². The average Bonchev–Trinajstić information content (AvgIpc) is 3.11. The largest absolute Gasteiger partial charge is 0.399 e. The van der Waals surface area contributed by atoms with E-state index >= 15 is 0 Å². The number of anilines is 1. The highest BCUT2D eigenvalue weighted by Gasteiger charge is 2.29. The van der Waals surface area contributed by atoms with Gasteiger partial charge in [0.15, 0.2) is 0 Å². The Hall–Kier alpha value is -1.33. The van der Waals surface area contributed by atoms with Crippen molar-refractivity contribution in [3.05, 3.63) is 44.8 Å². The number of thiophene rings is 1. The maximum absolute atomic E-state index is 5.88. The molecular formula is C15H14BrN3S. The summed E-state index contributed by atoms with van der Waals surface area (Å²) in [7, 11) is 0. The fraction of sp³-hybridized carbons (Fsp3) is 0.267. The van der Waals surface area contributed by atoms with Crippen molar-refractivity contribution >= 4 is 44.0 Å². The Morgan fingerprint density at radius 2 is 2.20 bits per heavy atom. The van der Waals surface area contributed by atoms with Crippen LogP contribution in [0.2, 0.25) is 0 Å². The second-order valence-corrected chi connectivity index (χ2v) is 7.13. The van der Waals surface area contributed by atoms with Gasteiger partial charge in [-0.05, 0) is 58.4 Å². The lowest BCUT2D eigenvalue weighted by Crippen LogP contribution is -2.03. The maximum atomic E-state index is 5.88. The minimum Gasteiger partial charge on any atom is -0.399 e. The maximum Gasteiger partial charge on any atom is 0.113 e. The first kappa shape index (κ1) is 12.4. The molecule has 1 fully saturated rings. The molecule has 0 saturated heterocycles. The van der Waals surface area contributed by atoms with Crippen LogP contribution in [0.4, 0.5) is 5.69 Å². The van der Waals surface area contributed by atoms with Gasteiger partial charge in [-0.15, -0.1) is 11.3 Å². The minimum absolute atomic E-state index is 0.627. The van der Waals surface area contributed by atoms with Crippen molar-refractivity contribution in [2.75, 3.05) is 5.73 Å². The Morgan fingerprint density at radius 1 is 1.35 bits per heavy atom. The van der Waals surface area contributed by atoms with Crippen LogP contribution in [-0.2, 0) is 6.54 Å². The molecule has 1 aliphatic carbocycles. The number of benzene rings is 1. The molecule has 1 aliphatic rings. The molecular weight excluding hydrogens is 334 g/mol. The van der Waals surface area contributed by atoms with E-state index in [2.05, 4.69) is 38.0 Å². The highest BCUT2D eigenvalue weighted by Crippen LogP contribution is 2.41. The highest BCUT2D eigenvalue weighted by atomic mass is 79.9. The summed E-state index contributed by atoms with van der Waals surface area (Å²) in [6, 6.07) is 8.13. The molecule has 1 aromatic carbocycles. The third kappa shape index (κ3) is 2.05. The summed E-state index contributed by atoms with van der Waals surface area (Å²) in [5, 5.41) is 2.12. The van der Waals surface area contributed by atoms with Crippen molar-refractivity contribution < 1.29 is 0 Å². The van der Waals surface area contributed by atoms with E-state index in [-0.39, 0.29) is 0 Å². The molecule has 0 radical (unpaired) electrons. The second kappa shape index (κ2) is 4.60. The van der Waals surface area contributed by atoms with Crippen molar-refractivity contribution in [2.45, 2.75) is 25.3 Å². The fourth-order valence-electron chi connectivity index (χ4n) is 2.57. The molecule has 2 aromatic heterocycles. The molecule has 0 aliphatic heterocycles. The molecule has 0 bridgehead atoms. The second-order valence-electron chi connectivity index (χ2n) is 5.27. The van der Waals surface area contributed by atoms with Gasteiger partial charge in [-0.25, -0.2) is 4.98 Å². The minimum atomic E-state index is 0.627. The monoisotopic (exact) mass is 347 g/mol. The molecule has 0 amide bonds. The van der Waals surface area contributed by atoms with Crippen LogP contribution < -0.4 is 5.73 Å². The number of nitrogens with zero attached hydrogens (tertiary/aromatic N) is 2. The summed E-state index contributed by atoms with van der Waals surface area (Å²) in [5.41, 5.74) is 8.86. The molecule has 102 valence electrons. The highest BCUT2D eigenvalue weighted by molar-refractivity contribution is 9.10. The summed E-state index contributed by atoms with van der Waals surface area (Å²) in [5.74, 6) is 1.84. The van der Waals surface area contributed by atoms with Crippen LogP contribution in [0.3, 0.4) is 0 Å². The van der Waals surface area contributed by atoms with Gasteiger partial charge in [0.25, 0.3) is 0 Å². The lowest BCUT2D eigenvalue weighted by molar-refractivity contribution is 0.753. The lowest BCUT2D eigenvalue weighted by Gasteiger charge is -2.08. The first-order valence-electron chi connectivity index (χ1n) is 6.70. The van der Waals surface area contributed by atoms with E-state index in [4.69, 9.17) is 10.7 Å². The zero-order valence-electron chi connectivity index (χ0n) is 10.8. The Balaban J connectivity index is 1.87. The number of hydrogen-bond donors (Lipinski definition) is 1. The van der Waals surface area contributed by atoms with E-state index < -0.39 is 0 Å². The van der Waals surface area contributed by atoms with Crippen LogP contribution in [-0.4, -0.2) is 9.55 Å². The van der Waals surface area contributed by atoms with E-state index in [9.17, 15) is 0 Å². The van der Waals surface area contributed by atoms with Gasteiger partial charge in [-0.1, -0.05) is 0 Å². The Labute approximate surface area is 129 Å². The van der Waals surface area contributed by atoms with Crippen molar-refractivity contribution in [2.24, 2.45) is 0 Å². The summed E-state index contributed by atoms with van der Waals surface area (Å²) in [6.07, 6.45) is 2.51. The number of imidazole rings is 1. The average molecular weight is 348 g/mol. The Kier molecular flexibility index (Phi) is 2.86. The molecule has 0 spiro atoms. The third-order valence-electron chi connectivity index (χ3n) is 3.74. The first-order valence-corrected chi connectivity index (χ1v) is 8.37. The molecule has 20 heavy (non-hydrogen) atoms. The molecule has 2 heterocycles. The van der Waals surface area contributed by atoms with E-state index in [0.29, 0.717) is 5.92 Å². The molecule has 4 rings (SSSR count). The van der Waals surface area contributed by atoms with Gasteiger partial charge in [0, 0.05) is 21.0 Å². The molecule has 1 saturated carbocycles. The third-order valence-corrected chi connectivity index (χ3v) is 5.65. The van der Waals surface area contributed by atoms with E-state index in [1.807, 2.05) is 12.1 Å². The van der Waals surface area contributed by atoms with E-state index in [1.165, 1.54) is 33.5 Å². The smallest absolute Gasteiger partial charge is 0.113 e. The van der Waals surface area contributed by atoms with Gasteiger partial charge in [-0.3, -0.25) is 0 Å². The van der Waals surface area contributed by atoms with E-state index in [0.717, 1.165) is 17.7 Å². The van der Waals surface area contributed by atoms with Gasteiger partial charge in [0.1, 0.15) is 5.82 Å². The summed E-state index contributed by atoms with van der Waals surface area (Å²) in [6.45, 7) is 0.879. The molecule has 0 atom stereocenters. The van der Waals surface area contributed by atoms with Crippen LogP contribution in [0, 0.1) is 0 Å². The number of nitrogens with two attached hydrogens (primary N) is 1. The zero-order chi connectivity index (χ0) is 13.7. The normalized spacial score (nSPS) is 15.1. The number of fused-ring (bicyclic) bond motifs is 1. The Bertz CT molecular complexity index is 786. The Morgan fingerprint density at radius 3 is 2.90 bits per heavy atom. The van der Waals surface area contributed by atoms with Crippen LogP contribution in [0.15, 0.2) is 34.1 Å². The van der Waals surface area contributed by atoms with Crippen LogP contribution in [0.1, 0.15) is 29.5 Å². The standard InChI is InChI=1S/C15H14BrN3S/c16-11-5-6-20-14(11)8-19-13-4-3-10(17)7-12(13)18-15(19)9-1-2-9/h3-7,9H,1-2,8,17H2. The predicted octanol–water partition coefficient (Wildman–Crippen LogP) is 4.37. The van der Waals surface area contributed by atoms with Gasteiger partial charge in [-0.2, -0.15) is 0 Å². The topological polar surface area (TPSA) is 43.8 Å². The van der Waals surface area contributed by atoms with Gasteiger partial charge >= 0.3 is 0 Å². The number of aromatic nitrogens is 2. The SMILES string of the molecule is Nc1ccc2c(c1)nc(C1CC1)n2Cc1sccc1Br. The van der Waals surface area contributed by atoms with Crippen molar-refractivity contribution in [3.8, 4) is 0 Å². The summed E-state index contributed by atoms with van der Waals surface area (Å²) < 4.78 is 3.53. The van der Waals surface area contributed by atoms with Gasteiger partial charge in [0.05, 0.1) is 17.6 Å². The van der Waals surface area contributed by atoms with Crippen molar-refractivity contribution in [3.63, 3.8) is 0 Å². The molecule has 3 aromatic rings. The fourth-order valence-corrected chi connectivity index (χ4v) is 4.03. The molecule has 2 N–H and O–H groups in total. The van der Waals surface area contributed by atoms with Gasteiger partial charge < -0.3 is 10.3 Å². The number of rotatable bonds is 3. The van der Waals surface area contributed by atoms with Crippen molar-refractivity contribution in [1.29, 1.82) is 0 Å². The van der Waals surface area contributed by atoms with E-state index in [1.54, 1.807) is 11.3 Å². The number of nitrogen functional groups attached to an aromatic ring is 1. The van der Waals surface area contributed by atoms with Crippen LogP contribution in [0.5, 0.6) is 0 Å². The lowest BCUT2D eigenvalue weighted by atomic mass is 10.3. The van der Waals surface area contributed by atoms with Crippen molar-refractivity contribution in [1.82, 2.24) is 9.55 Å². The predicted molar refractivity (Wildman–Crippen MR) is 87.2 cm³/mol. The summed E-state index contributed by atoms with van der Waals surface area (Å²) >= 11 is 5.40. The molecule has 0 unspecified atom stereocenters. The molecule has 3 nitrogen and oxygen atoms in total. The number of halogens is 1. The quantitative estimate of drug-likeness (QED) is 0.715. The number of hydrogen-bond acceptors (Lipinski definition) is 3. The zero-order valence-corrected chi connectivity index (χ0v) is 13.2. The first-order chi connectivity index (χ1) is 9.72. The van der Waals surface area contributed by atoms with Crippen LogP contribution in [0.25, 0.3) is 11.0 Å². The summed E-state index contributed by atoms with van der Waals surface area (Å²) in [4.78, 5) is 6.15. The molecule has 5 heteroatoms. The van der Waals surface area contributed by atoms with Crippen LogP contribution >= 0.6 is 27.3 Å².